The molecule has 1 fully saturated rings. The van der Waals surface area contributed by atoms with E-state index in [1.807, 2.05) is 11.8 Å². The highest BCUT2D eigenvalue weighted by Crippen LogP contribution is 2.29. The van der Waals surface area contributed by atoms with E-state index in [0.717, 1.165) is 0 Å². The largest absolute Gasteiger partial charge is 0.217 e. The van der Waals surface area contributed by atoms with Crippen LogP contribution in [0.25, 0.3) is 0 Å². The molecule has 1 aliphatic heterocycles. The van der Waals surface area contributed by atoms with Crippen LogP contribution in [0.15, 0.2) is 0 Å². The van der Waals surface area contributed by atoms with Crippen LogP contribution < -0.4 is 0 Å². The van der Waals surface area contributed by atoms with Crippen LogP contribution in [0.3, 0.4) is 0 Å². The summed E-state index contributed by atoms with van der Waals surface area (Å²) in [4.78, 5) is 0. The molecule has 0 radical (unpaired) electrons. The van der Waals surface area contributed by atoms with E-state index in [0.29, 0.717) is 11.4 Å². The Hall–Kier alpha value is 0.620. The van der Waals surface area contributed by atoms with Gasteiger partial charge in [-0.15, -0.1) is 11.8 Å². The average Bonchev–Trinajstić information content (AvgIpc) is 2.03. The first-order valence-corrected chi connectivity index (χ1v) is 6.57. The van der Waals surface area contributed by atoms with Crippen LogP contribution in [-0.4, -0.2) is 39.9 Å². The first-order chi connectivity index (χ1) is 5.66. The fourth-order valence-corrected chi connectivity index (χ4v) is 3.45. The molecule has 0 N–H and O–H groups in total. The fraction of sp³-hybridized carbons (Fsp3) is 1.00. The molecule has 0 aromatic carbocycles. The second kappa shape index (κ2) is 4.74. The summed E-state index contributed by atoms with van der Waals surface area (Å²) < 4.78 is 2.25. The van der Waals surface area contributed by atoms with Gasteiger partial charge in [-0.25, -0.2) is 5.01 Å². The molecule has 0 aliphatic carbocycles. The predicted molar refractivity (Wildman–Crippen MR) is 59.1 cm³/mol. The van der Waals surface area contributed by atoms with Crippen LogP contribution in [0.2, 0.25) is 0 Å². The highest BCUT2D eigenvalue weighted by molar-refractivity contribution is 8.00. The lowest BCUT2D eigenvalue weighted by Crippen LogP contribution is -2.49. The van der Waals surface area contributed by atoms with E-state index < -0.39 is 0 Å². The summed E-state index contributed by atoms with van der Waals surface area (Å²) >= 11 is 3.83. The molecule has 0 bridgehead atoms. The van der Waals surface area contributed by atoms with Crippen LogP contribution in [0, 0.1) is 0 Å². The summed E-state index contributed by atoms with van der Waals surface area (Å²) in [6.45, 7) is 4.59. The minimum Gasteiger partial charge on any atom is -0.217 e. The Morgan fingerprint density at radius 1 is 1.50 bits per heavy atom. The first kappa shape index (κ1) is 10.7. The molecule has 0 saturated carbocycles. The van der Waals surface area contributed by atoms with Gasteiger partial charge in [0.2, 0.25) is 0 Å². The maximum Gasteiger partial charge on any atom is 0.0682 e. The Kier molecular flexibility index (Phi) is 4.23. The van der Waals surface area contributed by atoms with Crippen molar-refractivity contribution in [2.75, 3.05) is 19.1 Å². The molecule has 1 rings (SSSR count). The van der Waals surface area contributed by atoms with E-state index in [-0.39, 0.29) is 0 Å². The van der Waals surface area contributed by atoms with Crippen LogP contribution >= 0.6 is 23.7 Å². The SMILES string of the molecule is CSN(C)N1C(C)CCSC1C. The standard InChI is InChI=1S/C8H18N2S2/c1-7-5-6-12-8(2)10(7)9(3)11-4/h7-8H,5-6H2,1-4H3. The fourth-order valence-electron chi connectivity index (χ4n) is 1.58. The summed E-state index contributed by atoms with van der Waals surface area (Å²) in [5.74, 6) is 1.31. The second-order valence-corrected chi connectivity index (χ2v) is 5.45. The molecule has 1 saturated heterocycles. The highest BCUT2D eigenvalue weighted by atomic mass is 32.2. The van der Waals surface area contributed by atoms with E-state index in [4.69, 9.17) is 0 Å². The minimum absolute atomic E-state index is 0.631. The lowest BCUT2D eigenvalue weighted by atomic mass is 10.2. The van der Waals surface area contributed by atoms with Crippen LogP contribution in [0.1, 0.15) is 20.3 Å². The van der Waals surface area contributed by atoms with Crippen molar-refractivity contribution in [1.29, 1.82) is 0 Å². The summed E-state index contributed by atoms with van der Waals surface area (Å²) in [6.07, 6.45) is 3.43. The van der Waals surface area contributed by atoms with Crippen molar-refractivity contribution in [3.63, 3.8) is 0 Å². The molecule has 0 aromatic heterocycles. The van der Waals surface area contributed by atoms with Gasteiger partial charge in [0.15, 0.2) is 0 Å². The topological polar surface area (TPSA) is 6.48 Å². The summed E-state index contributed by atoms with van der Waals surface area (Å²) in [5, 5.41) is 3.09. The lowest BCUT2D eigenvalue weighted by Gasteiger charge is -2.42. The van der Waals surface area contributed by atoms with Crippen molar-refractivity contribution in [1.82, 2.24) is 9.42 Å². The van der Waals surface area contributed by atoms with Crippen molar-refractivity contribution in [3.8, 4) is 0 Å². The van der Waals surface area contributed by atoms with Crippen molar-refractivity contribution in [3.05, 3.63) is 0 Å². The van der Waals surface area contributed by atoms with Crippen LogP contribution in [0.4, 0.5) is 0 Å². The van der Waals surface area contributed by atoms with Gasteiger partial charge in [-0.2, -0.15) is 4.41 Å². The summed E-state index contributed by atoms with van der Waals surface area (Å²) in [5.41, 5.74) is 0. The Balaban J connectivity index is 2.56. The summed E-state index contributed by atoms with van der Waals surface area (Å²) in [6, 6.07) is 0.693. The first-order valence-electron chi connectivity index (χ1n) is 4.34. The molecule has 72 valence electrons. The molecule has 2 unspecified atom stereocenters. The maximum atomic E-state index is 2.46. The molecule has 0 amide bonds. The zero-order valence-corrected chi connectivity index (χ0v) is 9.91. The van der Waals surface area contributed by atoms with Crippen molar-refractivity contribution in [2.45, 2.75) is 31.7 Å². The zero-order valence-electron chi connectivity index (χ0n) is 8.28. The molecule has 12 heavy (non-hydrogen) atoms. The molecule has 0 spiro atoms. The molecular weight excluding hydrogens is 188 g/mol. The molecule has 2 atom stereocenters. The number of hydrazine groups is 1. The molecule has 1 aliphatic rings. The minimum atomic E-state index is 0.631. The van der Waals surface area contributed by atoms with Crippen molar-refractivity contribution >= 4 is 23.7 Å². The predicted octanol–water partition coefficient (Wildman–Crippen LogP) is 2.28. The third-order valence-electron chi connectivity index (χ3n) is 2.31. The molecule has 1 heterocycles. The van der Waals surface area contributed by atoms with E-state index >= 15 is 0 Å². The van der Waals surface area contributed by atoms with Gasteiger partial charge in [0.05, 0.1) is 5.37 Å². The quantitative estimate of drug-likeness (QED) is 0.639. The summed E-state index contributed by atoms with van der Waals surface area (Å²) in [7, 11) is 2.14. The maximum absolute atomic E-state index is 2.46. The van der Waals surface area contributed by atoms with Crippen molar-refractivity contribution < 1.29 is 0 Å². The van der Waals surface area contributed by atoms with Crippen LogP contribution in [0.5, 0.6) is 0 Å². The van der Waals surface area contributed by atoms with E-state index in [2.05, 4.69) is 36.6 Å². The Morgan fingerprint density at radius 2 is 2.17 bits per heavy atom. The molecule has 4 heteroatoms. The number of hydrogen-bond acceptors (Lipinski definition) is 4. The van der Waals surface area contributed by atoms with E-state index in [1.165, 1.54) is 12.2 Å². The Morgan fingerprint density at radius 3 is 2.67 bits per heavy atom. The van der Waals surface area contributed by atoms with Gasteiger partial charge in [0, 0.05) is 13.1 Å². The zero-order chi connectivity index (χ0) is 9.14. The van der Waals surface area contributed by atoms with Gasteiger partial charge in [0.25, 0.3) is 0 Å². The Bertz CT molecular complexity index is 128. The molecular formula is C8H18N2S2. The lowest BCUT2D eigenvalue weighted by molar-refractivity contribution is 0.0373. The number of nitrogens with zero attached hydrogens (tertiary/aromatic N) is 2. The van der Waals surface area contributed by atoms with Crippen LogP contribution in [-0.2, 0) is 0 Å². The molecule has 2 nitrogen and oxygen atoms in total. The Labute approximate surface area is 84.2 Å². The van der Waals surface area contributed by atoms with Gasteiger partial charge >= 0.3 is 0 Å². The van der Waals surface area contributed by atoms with Crippen molar-refractivity contribution in [2.24, 2.45) is 0 Å². The van der Waals surface area contributed by atoms with E-state index in [9.17, 15) is 0 Å². The van der Waals surface area contributed by atoms with Gasteiger partial charge in [0.1, 0.15) is 0 Å². The van der Waals surface area contributed by atoms with Gasteiger partial charge in [-0.05, 0) is 32.3 Å². The normalized spacial score (nSPS) is 32.8. The highest BCUT2D eigenvalue weighted by Gasteiger charge is 2.27. The third-order valence-corrected chi connectivity index (χ3v) is 4.20. The average molecular weight is 206 g/mol. The number of hydrogen-bond donors (Lipinski definition) is 0. The smallest absolute Gasteiger partial charge is 0.0682 e. The number of rotatable bonds is 2. The molecule has 0 aromatic rings. The third kappa shape index (κ3) is 2.31. The van der Waals surface area contributed by atoms with Gasteiger partial charge in [-0.1, -0.05) is 11.9 Å². The van der Waals surface area contributed by atoms with E-state index in [1.54, 1.807) is 11.9 Å². The van der Waals surface area contributed by atoms with Gasteiger partial charge < -0.3 is 0 Å². The van der Waals surface area contributed by atoms with Gasteiger partial charge in [-0.3, -0.25) is 0 Å². The second-order valence-electron chi connectivity index (χ2n) is 3.13. The number of thioether (sulfide) groups is 1. The monoisotopic (exact) mass is 206 g/mol.